The van der Waals surface area contributed by atoms with Gasteiger partial charge in [0.2, 0.25) is 10.0 Å². The van der Waals surface area contributed by atoms with Gasteiger partial charge in [-0.25, -0.2) is 13.1 Å². The van der Waals surface area contributed by atoms with E-state index in [0.29, 0.717) is 31.0 Å². The lowest BCUT2D eigenvalue weighted by Gasteiger charge is -2.14. The van der Waals surface area contributed by atoms with Crippen LogP contribution in [0.1, 0.15) is 18.3 Å². The van der Waals surface area contributed by atoms with Gasteiger partial charge < -0.3 is 10.0 Å². The molecule has 0 atom stereocenters. The Balaban J connectivity index is 2.87. The molecule has 20 heavy (non-hydrogen) atoms. The highest BCUT2D eigenvalue weighted by Crippen LogP contribution is 2.18. The Bertz CT molecular complexity index is 539. The quantitative estimate of drug-likeness (QED) is 0.690. The lowest BCUT2D eigenvalue weighted by Crippen LogP contribution is -2.33. The summed E-state index contributed by atoms with van der Waals surface area (Å²) in [5.41, 5.74) is 1.00. The zero-order valence-electron chi connectivity index (χ0n) is 12.5. The van der Waals surface area contributed by atoms with E-state index < -0.39 is 10.0 Å². The Labute approximate surface area is 120 Å². The Morgan fingerprint density at radius 3 is 2.60 bits per heavy atom. The molecule has 0 bridgehead atoms. The number of hydrogen-bond donors (Lipinski definition) is 2. The number of sulfonamides is 1. The average Bonchev–Trinajstić information content (AvgIpc) is 2.65. The van der Waals surface area contributed by atoms with Gasteiger partial charge in [-0.15, -0.1) is 0 Å². The van der Waals surface area contributed by atoms with Gasteiger partial charge in [-0.1, -0.05) is 6.92 Å². The number of aliphatic hydroxyl groups excluding tert-OH is 1. The largest absolute Gasteiger partial charge is 0.394 e. The van der Waals surface area contributed by atoms with Crippen molar-refractivity contribution >= 4 is 10.0 Å². The molecule has 0 fully saturated rings. The zero-order chi connectivity index (χ0) is 15.3. The van der Waals surface area contributed by atoms with E-state index in [4.69, 9.17) is 5.11 Å². The summed E-state index contributed by atoms with van der Waals surface area (Å²) in [7, 11) is -1.63. The summed E-state index contributed by atoms with van der Waals surface area (Å²) in [4.78, 5) is 2.24. The van der Waals surface area contributed by atoms with E-state index in [9.17, 15) is 8.42 Å². The third kappa shape index (κ3) is 4.02. The second-order valence-electron chi connectivity index (χ2n) is 4.74. The average molecular weight is 304 g/mol. The summed E-state index contributed by atoms with van der Waals surface area (Å²) in [5.74, 6) is 0. The first kappa shape index (κ1) is 17.1. The molecule has 1 aromatic rings. The summed E-state index contributed by atoms with van der Waals surface area (Å²) in [6, 6.07) is 0. The van der Waals surface area contributed by atoms with Gasteiger partial charge in [-0.3, -0.25) is 4.68 Å². The number of likely N-dealkylation sites (N-methyl/N-ethyl adjacent to an activating group) is 1. The Morgan fingerprint density at radius 2 is 2.05 bits per heavy atom. The monoisotopic (exact) mass is 304 g/mol. The van der Waals surface area contributed by atoms with Crippen LogP contribution in [0.15, 0.2) is 4.90 Å². The number of hydrogen-bond acceptors (Lipinski definition) is 5. The first-order valence-electron chi connectivity index (χ1n) is 6.66. The smallest absolute Gasteiger partial charge is 0.244 e. The van der Waals surface area contributed by atoms with Crippen molar-refractivity contribution in [3.05, 3.63) is 11.4 Å². The molecule has 0 aliphatic rings. The minimum Gasteiger partial charge on any atom is -0.394 e. The molecule has 7 nitrogen and oxygen atoms in total. The Kier molecular flexibility index (Phi) is 6.12. The number of nitrogens with zero attached hydrogens (tertiary/aromatic N) is 3. The van der Waals surface area contributed by atoms with Crippen molar-refractivity contribution in [1.82, 2.24) is 19.4 Å². The Hall–Kier alpha value is -0.960. The molecule has 1 aromatic heterocycles. The van der Waals surface area contributed by atoms with E-state index in [1.807, 2.05) is 18.9 Å². The van der Waals surface area contributed by atoms with E-state index in [1.165, 1.54) is 4.68 Å². The number of aliphatic hydroxyl groups is 1. The fourth-order valence-electron chi connectivity index (χ4n) is 1.98. The topological polar surface area (TPSA) is 87.5 Å². The maximum atomic E-state index is 12.3. The van der Waals surface area contributed by atoms with Crippen LogP contribution >= 0.6 is 0 Å². The van der Waals surface area contributed by atoms with Crippen molar-refractivity contribution in [2.75, 3.05) is 33.3 Å². The molecule has 0 aliphatic heterocycles. The van der Waals surface area contributed by atoms with Crippen LogP contribution in [-0.4, -0.2) is 61.5 Å². The predicted molar refractivity (Wildman–Crippen MR) is 77.1 cm³/mol. The molecular formula is C12H24N4O3S. The van der Waals surface area contributed by atoms with E-state index in [-0.39, 0.29) is 11.5 Å². The summed E-state index contributed by atoms with van der Waals surface area (Å²) in [6.07, 6.45) is 0. The molecule has 0 radical (unpaired) electrons. The van der Waals surface area contributed by atoms with Crippen LogP contribution in [0.3, 0.4) is 0 Å². The highest BCUT2D eigenvalue weighted by atomic mass is 32.2. The van der Waals surface area contributed by atoms with Crippen molar-refractivity contribution < 1.29 is 13.5 Å². The number of rotatable bonds is 8. The van der Waals surface area contributed by atoms with Gasteiger partial charge in [0.15, 0.2) is 0 Å². The number of aryl methyl sites for hydroxylation is 1. The molecule has 0 aromatic carbocycles. The highest BCUT2D eigenvalue weighted by Gasteiger charge is 2.24. The molecule has 0 amide bonds. The van der Waals surface area contributed by atoms with Crippen LogP contribution in [0, 0.1) is 13.8 Å². The van der Waals surface area contributed by atoms with Gasteiger partial charge in [-0.05, 0) is 27.4 Å². The van der Waals surface area contributed by atoms with E-state index in [1.54, 1.807) is 13.8 Å². The van der Waals surface area contributed by atoms with Gasteiger partial charge in [0.1, 0.15) is 4.90 Å². The van der Waals surface area contributed by atoms with Crippen molar-refractivity contribution in [2.24, 2.45) is 0 Å². The van der Waals surface area contributed by atoms with E-state index >= 15 is 0 Å². The molecule has 1 heterocycles. The first-order chi connectivity index (χ1) is 9.33. The van der Waals surface area contributed by atoms with Gasteiger partial charge in [0, 0.05) is 13.1 Å². The van der Waals surface area contributed by atoms with E-state index in [0.717, 1.165) is 6.54 Å². The fraction of sp³-hybridized carbons (Fsp3) is 0.750. The van der Waals surface area contributed by atoms with Crippen LogP contribution in [0.4, 0.5) is 0 Å². The normalized spacial score (nSPS) is 12.3. The summed E-state index contributed by atoms with van der Waals surface area (Å²) >= 11 is 0. The van der Waals surface area contributed by atoms with Crippen LogP contribution in [0.5, 0.6) is 0 Å². The lowest BCUT2D eigenvalue weighted by atomic mass is 10.4. The minimum absolute atomic E-state index is 0.0732. The molecule has 2 N–H and O–H groups in total. The summed E-state index contributed by atoms with van der Waals surface area (Å²) in [6.45, 7) is 7.47. The van der Waals surface area contributed by atoms with Gasteiger partial charge >= 0.3 is 0 Å². The lowest BCUT2D eigenvalue weighted by molar-refractivity contribution is 0.267. The summed E-state index contributed by atoms with van der Waals surface area (Å²) < 4.78 is 28.7. The molecule has 0 aliphatic carbocycles. The Morgan fingerprint density at radius 1 is 1.40 bits per heavy atom. The molecule has 0 saturated heterocycles. The molecule has 0 saturated carbocycles. The van der Waals surface area contributed by atoms with Crippen LogP contribution < -0.4 is 4.72 Å². The second kappa shape index (κ2) is 7.16. The van der Waals surface area contributed by atoms with Crippen LogP contribution in [0.25, 0.3) is 0 Å². The van der Waals surface area contributed by atoms with E-state index in [2.05, 4.69) is 9.82 Å². The van der Waals surface area contributed by atoms with Crippen LogP contribution in [-0.2, 0) is 16.6 Å². The molecule has 8 heteroatoms. The first-order valence-corrected chi connectivity index (χ1v) is 8.14. The minimum atomic E-state index is -3.56. The molecule has 0 unspecified atom stereocenters. The van der Waals surface area contributed by atoms with Gasteiger partial charge in [0.05, 0.1) is 24.5 Å². The third-order valence-corrected chi connectivity index (χ3v) is 4.93. The summed E-state index contributed by atoms with van der Waals surface area (Å²) in [5, 5.41) is 13.1. The number of aromatic nitrogens is 2. The maximum Gasteiger partial charge on any atom is 0.244 e. The SMILES string of the molecule is CCN(C)CCNS(=O)(=O)c1c(C)nn(CCO)c1C. The molecule has 0 spiro atoms. The van der Waals surface area contributed by atoms with Gasteiger partial charge in [-0.2, -0.15) is 5.10 Å². The van der Waals surface area contributed by atoms with Crippen molar-refractivity contribution in [3.8, 4) is 0 Å². The maximum absolute atomic E-state index is 12.3. The zero-order valence-corrected chi connectivity index (χ0v) is 13.4. The molecular weight excluding hydrogens is 280 g/mol. The predicted octanol–water partition coefficient (Wildman–Crippen LogP) is -0.278. The van der Waals surface area contributed by atoms with Crippen molar-refractivity contribution in [3.63, 3.8) is 0 Å². The van der Waals surface area contributed by atoms with Crippen LogP contribution in [0.2, 0.25) is 0 Å². The van der Waals surface area contributed by atoms with Crippen molar-refractivity contribution in [2.45, 2.75) is 32.2 Å². The number of nitrogens with one attached hydrogen (secondary N) is 1. The standard InChI is InChI=1S/C12H24N4O3S/c1-5-15(4)7-6-13-20(18,19)12-10(2)14-16(8-9-17)11(12)3/h13,17H,5-9H2,1-4H3. The highest BCUT2D eigenvalue weighted by molar-refractivity contribution is 7.89. The third-order valence-electron chi connectivity index (χ3n) is 3.22. The van der Waals surface area contributed by atoms with Gasteiger partial charge in [0.25, 0.3) is 0 Å². The molecule has 116 valence electrons. The van der Waals surface area contributed by atoms with Crippen molar-refractivity contribution in [1.29, 1.82) is 0 Å². The molecule has 1 rings (SSSR count). The fourth-order valence-corrected chi connectivity index (χ4v) is 3.41. The second-order valence-corrected chi connectivity index (χ2v) is 6.44.